The molecule has 1 saturated carbocycles. The molecule has 2 fully saturated rings. The Bertz CT molecular complexity index is 311. The van der Waals surface area contributed by atoms with Gasteiger partial charge < -0.3 is 0 Å². The van der Waals surface area contributed by atoms with Crippen molar-refractivity contribution in [2.24, 2.45) is 5.92 Å². The van der Waals surface area contributed by atoms with E-state index < -0.39 is 47.3 Å². The van der Waals surface area contributed by atoms with Crippen LogP contribution in [0.1, 0.15) is 6.42 Å². The first-order valence-corrected chi connectivity index (χ1v) is 5.63. The van der Waals surface area contributed by atoms with E-state index in [0.717, 1.165) is 0 Å². The summed E-state index contributed by atoms with van der Waals surface area (Å²) in [6.07, 6.45) is -13.4. The fourth-order valence-corrected chi connectivity index (χ4v) is 3.75. The fourth-order valence-electron chi connectivity index (χ4n) is 2.67. The van der Waals surface area contributed by atoms with Crippen molar-refractivity contribution in [2.75, 3.05) is 0 Å². The highest BCUT2D eigenvalue weighted by Gasteiger charge is 2.81. The molecule has 1 nitrogen and oxygen atoms in total. The third kappa shape index (κ3) is 1.54. The third-order valence-electron chi connectivity index (χ3n) is 3.44. The molecule has 0 aromatic rings. The van der Waals surface area contributed by atoms with E-state index in [-0.39, 0.29) is 0 Å². The number of piperidine rings is 1. The lowest BCUT2D eigenvalue weighted by atomic mass is 9.82. The van der Waals surface area contributed by atoms with Gasteiger partial charge in [-0.15, -0.1) is 0 Å². The van der Waals surface area contributed by atoms with E-state index in [9.17, 15) is 30.7 Å². The second-order valence-electron chi connectivity index (χ2n) is 4.28. The normalized spacial score (nSPS) is 40.9. The van der Waals surface area contributed by atoms with Crippen LogP contribution in [0.3, 0.4) is 0 Å². The molecule has 4 atom stereocenters. The van der Waals surface area contributed by atoms with E-state index in [1.165, 1.54) is 5.32 Å². The van der Waals surface area contributed by atoms with E-state index in [4.69, 9.17) is 0 Å². The van der Waals surface area contributed by atoms with E-state index in [0.29, 0.717) is 0 Å². The van der Waals surface area contributed by atoms with Crippen LogP contribution in [0.25, 0.3) is 0 Å². The molecule has 0 spiro atoms. The molecule has 0 radical (unpaired) electrons. The summed E-state index contributed by atoms with van der Waals surface area (Å²) < 4.78 is 89.6. The third-order valence-corrected chi connectivity index (χ3v) is 4.65. The van der Waals surface area contributed by atoms with Crippen molar-refractivity contribution in [2.45, 2.75) is 41.4 Å². The van der Waals surface area contributed by atoms with E-state index in [1.54, 1.807) is 0 Å². The molecule has 1 heterocycles. The molecular weight excluding hydrogens is 323 g/mol. The molecule has 0 unspecified atom stereocenters. The smallest absolute Gasteiger partial charge is 0.289 e. The van der Waals surface area contributed by atoms with Gasteiger partial charge in [-0.3, -0.25) is 5.32 Å². The number of nitrogens with one attached hydrogen (secondary N) is 1. The molecule has 1 N–H and O–H groups in total. The molecule has 9 heteroatoms. The Morgan fingerprint density at radius 1 is 1.06 bits per heavy atom. The van der Waals surface area contributed by atoms with Crippen LogP contribution in [-0.2, 0) is 0 Å². The highest BCUT2D eigenvalue weighted by atomic mass is 79.9. The van der Waals surface area contributed by atoms with Crippen LogP contribution >= 0.6 is 15.9 Å². The second kappa shape index (κ2) is 3.49. The molecule has 2 aliphatic rings. The highest BCUT2D eigenvalue weighted by Crippen LogP contribution is 2.59. The van der Waals surface area contributed by atoms with Crippen LogP contribution in [0, 0.1) is 5.92 Å². The fraction of sp³-hybridized carbons (Fsp3) is 1.00. The molecule has 0 aromatic heterocycles. The van der Waals surface area contributed by atoms with Crippen molar-refractivity contribution in [1.29, 1.82) is 0 Å². The Hall–Kier alpha value is -0.0500. The maximum atomic E-state index is 13.2. The Balaban J connectivity index is 2.48. The first-order valence-electron chi connectivity index (χ1n) is 4.71. The highest BCUT2D eigenvalue weighted by molar-refractivity contribution is 9.09. The number of rotatable bonds is 0. The lowest BCUT2D eigenvalue weighted by molar-refractivity contribution is -0.319. The minimum atomic E-state index is -5.50. The van der Waals surface area contributed by atoms with Gasteiger partial charge in [0, 0.05) is 10.7 Å². The maximum Gasteiger partial charge on any atom is 0.415 e. The van der Waals surface area contributed by atoms with Crippen LogP contribution < -0.4 is 5.32 Å². The second-order valence-corrected chi connectivity index (χ2v) is 5.33. The summed E-state index contributed by atoms with van der Waals surface area (Å²) in [6.45, 7) is 0. The van der Waals surface area contributed by atoms with Crippen LogP contribution in [0.2, 0.25) is 0 Å². The van der Waals surface area contributed by atoms with Gasteiger partial charge >= 0.3 is 12.4 Å². The maximum absolute atomic E-state index is 13.2. The molecule has 2 bridgehead atoms. The van der Waals surface area contributed by atoms with Gasteiger partial charge in [-0.2, -0.15) is 26.3 Å². The minimum Gasteiger partial charge on any atom is -0.289 e. The van der Waals surface area contributed by atoms with Crippen molar-refractivity contribution < 1.29 is 30.7 Å². The predicted octanol–water partition coefficient (Wildman–Crippen LogP) is 2.94. The first kappa shape index (κ1) is 13.4. The summed E-state index contributed by atoms with van der Waals surface area (Å²) in [5.41, 5.74) is -4.00. The first-order chi connectivity index (χ1) is 7.52. The Morgan fingerprint density at radius 3 is 1.76 bits per heavy atom. The van der Waals surface area contributed by atoms with Crippen LogP contribution in [0.15, 0.2) is 0 Å². The number of fused-ring (bicyclic) bond motifs is 2. The number of hydrogen-bond acceptors (Lipinski definition) is 1. The zero-order valence-electron chi connectivity index (χ0n) is 8.04. The summed E-state index contributed by atoms with van der Waals surface area (Å²) in [7, 11) is 0. The van der Waals surface area contributed by atoms with Crippen LogP contribution in [0.5, 0.6) is 0 Å². The average Bonchev–Trinajstić information content (AvgIpc) is 2.53. The molecule has 2 rings (SSSR count). The van der Waals surface area contributed by atoms with Gasteiger partial charge in [0.2, 0.25) is 5.54 Å². The van der Waals surface area contributed by atoms with Crippen molar-refractivity contribution in [3.63, 3.8) is 0 Å². The largest absolute Gasteiger partial charge is 0.415 e. The SMILES string of the molecule is F[C@H]1C[C@H]2[C@@H](Br)[C@H]1NC2(C(F)(F)F)C(F)(F)F. The summed E-state index contributed by atoms with van der Waals surface area (Å²) in [4.78, 5) is -1.17. The predicted molar refractivity (Wildman–Crippen MR) is 47.5 cm³/mol. The molecule has 0 aromatic carbocycles. The zero-order chi connectivity index (χ0) is 13.2. The minimum absolute atomic E-state index is 0.743. The molecule has 1 aliphatic heterocycles. The van der Waals surface area contributed by atoms with Gasteiger partial charge in [-0.05, 0) is 6.42 Å². The molecule has 0 amide bonds. The standard InChI is InChI=1S/C8H7BrF7N/c9-4-2-1-3(10)5(4)17-6(2,7(11,12)13)8(14,15)16/h2-5,17H,1H2/t2-,3-,4+,5-/m0/s1. The summed E-state index contributed by atoms with van der Waals surface area (Å²) in [5, 5.41) is 1.41. The van der Waals surface area contributed by atoms with Gasteiger partial charge in [0.25, 0.3) is 0 Å². The summed E-state index contributed by atoms with van der Waals surface area (Å²) >= 11 is 2.73. The number of halogens is 8. The molecule has 17 heavy (non-hydrogen) atoms. The lowest BCUT2D eigenvalue weighted by Gasteiger charge is -2.41. The summed E-state index contributed by atoms with van der Waals surface area (Å²) in [6, 6.07) is -1.46. The van der Waals surface area contributed by atoms with Crippen LogP contribution in [-0.4, -0.2) is 34.9 Å². The zero-order valence-corrected chi connectivity index (χ0v) is 9.63. The monoisotopic (exact) mass is 329 g/mol. The van der Waals surface area contributed by atoms with Gasteiger partial charge in [-0.1, -0.05) is 15.9 Å². The average molecular weight is 330 g/mol. The molecular formula is C8H7BrF7N. The van der Waals surface area contributed by atoms with Crippen LogP contribution in [0.4, 0.5) is 30.7 Å². The van der Waals surface area contributed by atoms with Gasteiger partial charge in [0.1, 0.15) is 6.17 Å². The topological polar surface area (TPSA) is 12.0 Å². The van der Waals surface area contributed by atoms with Gasteiger partial charge in [0.05, 0.1) is 6.04 Å². The Kier molecular flexibility index (Phi) is 2.75. The lowest BCUT2D eigenvalue weighted by Crippen LogP contribution is -2.70. The van der Waals surface area contributed by atoms with Gasteiger partial charge in [-0.25, -0.2) is 4.39 Å². The van der Waals surface area contributed by atoms with Crippen molar-refractivity contribution in [3.8, 4) is 0 Å². The number of hydrogen-bond donors (Lipinski definition) is 1. The van der Waals surface area contributed by atoms with Crippen molar-refractivity contribution >= 4 is 15.9 Å². The Labute approximate surface area is 99.9 Å². The van der Waals surface area contributed by atoms with Gasteiger partial charge in [0.15, 0.2) is 0 Å². The molecule has 100 valence electrons. The van der Waals surface area contributed by atoms with E-state index in [1.807, 2.05) is 0 Å². The summed E-state index contributed by atoms with van der Waals surface area (Å²) in [5.74, 6) is -1.87. The Morgan fingerprint density at radius 2 is 1.53 bits per heavy atom. The molecule has 1 aliphatic carbocycles. The quantitative estimate of drug-likeness (QED) is 0.532. The van der Waals surface area contributed by atoms with E-state index >= 15 is 0 Å². The number of alkyl halides is 8. The molecule has 1 saturated heterocycles. The van der Waals surface area contributed by atoms with Crippen molar-refractivity contribution in [3.05, 3.63) is 0 Å². The van der Waals surface area contributed by atoms with Crippen molar-refractivity contribution in [1.82, 2.24) is 5.32 Å². The van der Waals surface area contributed by atoms with E-state index in [2.05, 4.69) is 15.9 Å².